The minimum atomic E-state index is -0.520. The van der Waals surface area contributed by atoms with Crippen molar-refractivity contribution in [2.45, 2.75) is 24.7 Å². The maximum atomic E-state index is 5.31. The Morgan fingerprint density at radius 1 is 0.321 bits per heavy atom. The monoisotopic (exact) mass is 715 g/mol. The molecule has 3 nitrogen and oxygen atoms in total. The third-order valence-electron chi connectivity index (χ3n) is 12.2. The van der Waals surface area contributed by atoms with E-state index < -0.39 is 5.41 Å². The van der Waals surface area contributed by atoms with Crippen molar-refractivity contribution < 1.29 is 0 Å². The molecule has 264 valence electrons. The first-order chi connectivity index (χ1) is 27.5. The Labute approximate surface area is 327 Å². The molecular formula is C53H37N3. The lowest BCUT2D eigenvalue weighted by molar-refractivity contribution is 0.661. The minimum Gasteiger partial charge on any atom is -0.208 e. The minimum absolute atomic E-state index is 0.184. The molecule has 0 fully saturated rings. The van der Waals surface area contributed by atoms with E-state index >= 15 is 0 Å². The zero-order valence-corrected chi connectivity index (χ0v) is 31.2. The average Bonchev–Trinajstić information content (AvgIpc) is 3.68. The van der Waals surface area contributed by atoms with Crippen LogP contribution >= 0.6 is 0 Å². The fourth-order valence-corrected chi connectivity index (χ4v) is 9.49. The molecule has 0 N–H and O–H groups in total. The number of aromatic nitrogens is 3. The Balaban J connectivity index is 1.11. The van der Waals surface area contributed by atoms with Gasteiger partial charge >= 0.3 is 0 Å². The number of benzene rings is 8. The van der Waals surface area contributed by atoms with Crippen LogP contribution < -0.4 is 0 Å². The number of hydrogen-bond donors (Lipinski definition) is 0. The topological polar surface area (TPSA) is 38.7 Å². The molecule has 0 saturated heterocycles. The molecule has 0 unspecified atom stereocenters. The SMILES string of the molecule is CC1(C)c2cc(-c3nc(-c4ccccc4)nc(-c4ccc5c(c4)C(c4ccccc4)(c4ccccc4)c4ccccc4-5)n3)ccc2-c2cc3ccccc3cc21. The highest BCUT2D eigenvalue weighted by Gasteiger charge is 2.46. The largest absolute Gasteiger partial charge is 0.208 e. The molecule has 0 radical (unpaired) electrons. The van der Waals surface area contributed by atoms with Crippen molar-refractivity contribution in [2.24, 2.45) is 0 Å². The van der Waals surface area contributed by atoms with E-state index in [1.54, 1.807) is 0 Å². The van der Waals surface area contributed by atoms with Crippen LogP contribution in [0.25, 0.3) is 67.2 Å². The molecule has 3 heteroatoms. The van der Waals surface area contributed by atoms with Gasteiger partial charge in [-0.15, -0.1) is 0 Å². The summed E-state index contributed by atoms with van der Waals surface area (Å²) in [5.41, 5.74) is 14.8. The van der Waals surface area contributed by atoms with E-state index in [4.69, 9.17) is 15.0 Å². The first-order valence-electron chi connectivity index (χ1n) is 19.4. The predicted octanol–water partition coefficient (Wildman–Crippen LogP) is 12.7. The van der Waals surface area contributed by atoms with Gasteiger partial charge in [0.1, 0.15) is 0 Å². The lowest BCUT2D eigenvalue weighted by Crippen LogP contribution is -2.28. The van der Waals surface area contributed by atoms with Gasteiger partial charge in [-0.3, -0.25) is 0 Å². The Hall–Kier alpha value is -6.97. The van der Waals surface area contributed by atoms with Gasteiger partial charge < -0.3 is 0 Å². The second-order valence-corrected chi connectivity index (χ2v) is 15.6. The van der Waals surface area contributed by atoms with Crippen LogP contribution in [-0.2, 0) is 10.8 Å². The predicted molar refractivity (Wildman–Crippen MR) is 229 cm³/mol. The van der Waals surface area contributed by atoms with Gasteiger partial charge in [-0.25, -0.2) is 15.0 Å². The van der Waals surface area contributed by atoms with E-state index in [2.05, 4.69) is 184 Å². The molecule has 56 heavy (non-hydrogen) atoms. The summed E-state index contributed by atoms with van der Waals surface area (Å²) in [4.78, 5) is 15.7. The molecule has 1 aromatic heterocycles. The van der Waals surface area contributed by atoms with Crippen LogP contribution in [0.5, 0.6) is 0 Å². The second kappa shape index (κ2) is 12.3. The number of rotatable bonds is 5. The summed E-state index contributed by atoms with van der Waals surface area (Å²) in [6, 6.07) is 67.8. The van der Waals surface area contributed by atoms with Crippen LogP contribution in [0, 0.1) is 0 Å². The molecule has 2 aliphatic rings. The van der Waals surface area contributed by atoms with Gasteiger partial charge in [-0.1, -0.05) is 178 Å². The normalized spacial score (nSPS) is 14.2. The first-order valence-corrected chi connectivity index (χ1v) is 19.4. The van der Waals surface area contributed by atoms with Crippen molar-refractivity contribution in [3.63, 3.8) is 0 Å². The summed E-state index contributed by atoms with van der Waals surface area (Å²) in [6.45, 7) is 4.66. The summed E-state index contributed by atoms with van der Waals surface area (Å²) in [6.07, 6.45) is 0. The van der Waals surface area contributed by atoms with Gasteiger partial charge in [0, 0.05) is 22.1 Å². The molecule has 9 aromatic rings. The molecule has 8 aromatic carbocycles. The molecule has 1 heterocycles. The first kappa shape index (κ1) is 32.5. The van der Waals surface area contributed by atoms with Gasteiger partial charge in [0.25, 0.3) is 0 Å². The van der Waals surface area contributed by atoms with Crippen molar-refractivity contribution in [1.82, 2.24) is 15.0 Å². The van der Waals surface area contributed by atoms with Gasteiger partial charge in [0.15, 0.2) is 17.5 Å². The highest BCUT2D eigenvalue weighted by molar-refractivity contribution is 5.94. The third-order valence-corrected chi connectivity index (χ3v) is 12.2. The third kappa shape index (κ3) is 4.74. The smallest absolute Gasteiger partial charge is 0.164 e. The highest BCUT2D eigenvalue weighted by Crippen LogP contribution is 2.57. The summed E-state index contributed by atoms with van der Waals surface area (Å²) in [5, 5.41) is 2.53. The Bertz CT molecular complexity index is 2950. The second-order valence-electron chi connectivity index (χ2n) is 15.6. The quantitative estimate of drug-likeness (QED) is 0.178. The average molecular weight is 716 g/mol. The number of hydrogen-bond acceptors (Lipinski definition) is 3. The van der Waals surface area contributed by atoms with E-state index in [0.717, 1.165) is 16.7 Å². The van der Waals surface area contributed by atoms with E-state index in [9.17, 15) is 0 Å². The molecule has 2 aliphatic carbocycles. The van der Waals surface area contributed by atoms with Crippen molar-refractivity contribution in [3.05, 3.63) is 221 Å². The van der Waals surface area contributed by atoms with E-state index in [1.165, 1.54) is 66.4 Å². The van der Waals surface area contributed by atoms with Gasteiger partial charge in [-0.05, 0) is 90.7 Å². The summed E-state index contributed by atoms with van der Waals surface area (Å²) in [5.74, 6) is 1.97. The molecule has 0 spiro atoms. The molecule has 0 aliphatic heterocycles. The zero-order chi connectivity index (χ0) is 37.4. The highest BCUT2D eigenvalue weighted by atomic mass is 15.0. The lowest BCUT2D eigenvalue weighted by Gasteiger charge is -2.34. The Morgan fingerprint density at radius 3 is 1.39 bits per heavy atom. The van der Waals surface area contributed by atoms with E-state index in [1.807, 2.05) is 18.2 Å². The molecule has 0 bridgehead atoms. The summed E-state index contributed by atoms with van der Waals surface area (Å²) in [7, 11) is 0. The van der Waals surface area contributed by atoms with Crippen molar-refractivity contribution in [1.29, 1.82) is 0 Å². The maximum absolute atomic E-state index is 5.31. The van der Waals surface area contributed by atoms with E-state index in [-0.39, 0.29) is 5.41 Å². The molecule has 0 saturated carbocycles. The standard InChI is InChI=1S/C53H37N3/c1-52(2)46-32-37(27-29-43(46)44-30-35-18-12-13-19-36(35)31-47(44)52)50-54-49(34-16-6-3-7-17-34)55-51(56-50)38-26-28-42-41-24-14-15-25-45(41)53(48(42)33-38,39-20-8-4-9-21-39)40-22-10-5-11-23-40/h3-33H,1-2H3. The van der Waals surface area contributed by atoms with Gasteiger partial charge in [0.2, 0.25) is 0 Å². The van der Waals surface area contributed by atoms with Crippen LogP contribution in [0.1, 0.15) is 47.2 Å². The van der Waals surface area contributed by atoms with Crippen molar-refractivity contribution in [2.75, 3.05) is 0 Å². The van der Waals surface area contributed by atoms with Crippen LogP contribution in [0.4, 0.5) is 0 Å². The lowest BCUT2D eigenvalue weighted by atomic mass is 9.67. The molecule has 0 atom stereocenters. The van der Waals surface area contributed by atoms with Crippen molar-refractivity contribution >= 4 is 10.8 Å². The van der Waals surface area contributed by atoms with Gasteiger partial charge in [0.05, 0.1) is 5.41 Å². The van der Waals surface area contributed by atoms with Crippen LogP contribution in [-0.4, -0.2) is 15.0 Å². The van der Waals surface area contributed by atoms with Gasteiger partial charge in [-0.2, -0.15) is 0 Å². The number of fused-ring (bicyclic) bond motifs is 7. The van der Waals surface area contributed by atoms with Crippen LogP contribution in [0.3, 0.4) is 0 Å². The molecular weight excluding hydrogens is 679 g/mol. The fourth-order valence-electron chi connectivity index (χ4n) is 9.49. The van der Waals surface area contributed by atoms with E-state index in [0.29, 0.717) is 17.5 Å². The molecule has 0 amide bonds. The summed E-state index contributed by atoms with van der Waals surface area (Å²) < 4.78 is 0. The summed E-state index contributed by atoms with van der Waals surface area (Å²) >= 11 is 0. The van der Waals surface area contributed by atoms with Crippen molar-refractivity contribution in [3.8, 4) is 56.4 Å². The van der Waals surface area contributed by atoms with Crippen LogP contribution in [0.2, 0.25) is 0 Å². The molecule has 11 rings (SSSR count). The fraction of sp³-hybridized carbons (Fsp3) is 0.0755. The zero-order valence-electron chi connectivity index (χ0n) is 31.2. The maximum Gasteiger partial charge on any atom is 0.164 e. The Kier molecular flexibility index (Phi) is 7.11. The van der Waals surface area contributed by atoms with Crippen LogP contribution in [0.15, 0.2) is 188 Å². The number of nitrogens with zero attached hydrogens (tertiary/aromatic N) is 3. The Morgan fingerprint density at radius 2 is 0.768 bits per heavy atom.